The first kappa shape index (κ1) is 20.9. The van der Waals surface area contributed by atoms with Crippen molar-refractivity contribution in [1.29, 1.82) is 0 Å². The SMILES string of the molecule is C[B]Cc1cccc(NC)c1C(C)(C)C(C)OC1C=CC2C=CC=C[C@@H]2C1N. The van der Waals surface area contributed by atoms with Crippen molar-refractivity contribution in [3.05, 3.63) is 65.8 Å². The van der Waals surface area contributed by atoms with Crippen molar-refractivity contribution in [2.45, 2.75) is 57.6 Å². The molecular formula is C24H34BN2O. The fraction of sp³-hybridized carbons (Fsp3) is 0.500. The molecule has 0 bridgehead atoms. The van der Waals surface area contributed by atoms with Gasteiger partial charge in [-0.15, -0.1) is 0 Å². The summed E-state index contributed by atoms with van der Waals surface area (Å²) in [6.07, 6.45) is 13.9. The third-order valence-electron chi connectivity index (χ3n) is 6.44. The molecular weight excluding hydrogens is 343 g/mol. The molecule has 1 aromatic rings. The number of nitrogens with one attached hydrogen (secondary N) is 1. The number of hydrogen-bond donors (Lipinski definition) is 2. The largest absolute Gasteiger partial charge is 0.388 e. The lowest BCUT2D eigenvalue weighted by molar-refractivity contribution is -0.0348. The fourth-order valence-corrected chi connectivity index (χ4v) is 4.51. The number of fused-ring (bicyclic) bond motifs is 1. The second kappa shape index (κ2) is 8.71. The van der Waals surface area contributed by atoms with Gasteiger partial charge >= 0.3 is 0 Å². The number of ether oxygens (including phenoxy) is 1. The zero-order chi connectivity index (χ0) is 20.3. The van der Waals surface area contributed by atoms with Crippen LogP contribution in [0.15, 0.2) is 54.7 Å². The van der Waals surface area contributed by atoms with Gasteiger partial charge in [0, 0.05) is 36.0 Å². The highest BCUT2D eigenvalue weighted by molar-refractivity contribution is 6.33. The summed E-state index contributed by atoms with van der Waals surface area (Å²) in [6, 6.07) is 6.47. The summed E-state index contributed by atoms with van der Waals surface area (Å²) < 4.78 is 6.60. The topological polar surface area (TPSA) is 47.3 Å². The number of hydrogen-bond acceptors (Lipinski definition) is 3. The van der Waals surface area contributed by atoms with Crippen molar-refractivity contribution in [2.24, 2.45) is 17.6 Å². The van der Waals surface area contributed by atoms with Crippen LogP contribution in [0.2, 0.25) is 6.82 Å². The van der Waals surface area contributed by atoms with E-state index in [4.69, 9.17) is 10.5 Å². The summed E-state index contributed by atoms with van der Waals surface area (Å²) in [6.45, 7) is 8.83. The van der Waals surface area contributed by atoms with E-state index in [9.17, 15) is 0 Å². The first-order valence-corrected chi connectivity index (χ1v) is 10.4. The quantitative estimate of drug-likeness (QED) is 0.551. The van der Waals surface area contributed by atoms with E-state index in [1.165, 1.54) is 16.8 Å². The van der Waals surface area contributed by atoms with Crippen LogP contribution in [-0.4, -0.2) is 32.6 Å². The zero-order valence-corrected chi connectivity index (χ0v) is 17.9. The Balaban J connectivity index is 1.85. The van der Waals surface area contributed by atoms with E-state index in [2.05, 4.69) is 94.8 Å². The summed E-state index contributed by atoms with van der Waals surface area (Å²) in [5.41, 5.74) is 10.3. The Kier molecular flexibility index (Phi) is 6.52. The minimum atomic E-state index is -0.162. The van der Waals surface area contributed by atoms with E-state index in [0.29, 0.717) is 11.8 Å². The highest BCUT2D eigenvalue weighted by Crippen LogP contribution is 2.39. The molecule has 3 N–H and O–H groups in total. The Morgan fingerprint density at radius 3 is 2.64 bits per heavy atom. The van der Waals surface area contributed by atoms with Crippen LogP contribution in [0.1, 0.15) is 31.9 Å². The Labute approximate surface area is 171 Å². The molecule has 1 aromatic carbocycles. The molecule has 2 aliphatic carbocycles. The summed E-state index contributed by atoms with van der Waals surface area (Å²) in [5, 5.41) is 3.38. The standard InChI is InChI=1S/C24H34BN2O/c1-16(28-21-14-13-17-9-6-7-11-19(17)23(21)26)24(2,3)22-18(15-25-4)10-8-12-20(22)27-5/h6-14,16-17,19,21,23,27H,15,26H2,1-5H3/t16?,17?,19-,21?,23?/m0/s1. The van der Waals surface area contributed by atoms with Crippen LogP contribution >= 0.6 is 0 Å². The predicted molar refractivity (Wildman–Crippen MR) is 121 cm³/mol. The van der Waals surface area contributed by atoms with Gasteiger partial charge in [0.1, 0.15) is 7.28 Å². The van der Waals surface area contributed by atoms with Gasteiger partial charge in [0.25, 0.3) is 0 Å². The van der Waals surface area contributed by atoms with Crippen molar-refractivity contribution in [3.63, 3.8) is 0 Å². The van der Waals surface area contributed by atoms with Gasteiger partial charge in [-0.2, -0.15) is 0 Å². The summed E-state index contributed by atoms with van der Waals surface area (Å²) >= 11 is 0. The second-order valence-corrected chi connectivity index (χ2v) is 8.55. The first-order chi connectivity index (χ1) is 13.4. The fourth-order valence-electron chi connectivity index (χ4n) is 4.51. The van der Waals surface area contributed by atoms with Crippen LogP contribution in [0.25, 0.3) is 0 Å². The van der Waals surface area contributed by atoms with Gasteiger partial charge in [0.2, 0.25) is 0 Å². The van der Waals surface area contributed by atoms with E-state index in [1.54, 1.807) is 0 Å². The molecule has 0 aliphatic heterocycles. The molecule has 0 aromatic heterocycles. The number of nitrogens with two attached hydrogens (primary N) is 1. The second-order valence-electron chi connectivity index (χ2n) is 8.55. The minimum Gasteiger partial charge on any atom is -0.388 e. The Morgan fingerprint density at radius 2 is 1.93 bits per heavy atom. The molecule has 0 heterocycles. The van der Waals surface area contributed by atoms with E-state index < -0.39 is 0 Å². The van der Waals surface area contributed by atoms with E-state index in [1.807, 2.05) is 7.05 Å². The minimum absolute atomic E-state index is 0.0120. The van der Waals surface area contributed by atoms with Crippen LogP contribution in [-0.2, 0) is 16.5 Å². The summed E-state index contributed by atoms with van der Waals surface area (Å²) in [7, 11) is 4.20. The van der Waals surface area contributed by atoms with Crippen LogP contribution in [0, 0.1) is 11.8 Å². The van der Waals surface area contributed by atoms with Crippen molar-refractivity contribution in [1.82, 2.24) is 0 Å². The molecule has 149 valence electrons. The molecule has 4 heteroatoms. The lowest BCUT2D eigenvalue weighted by atomic mass is 9.69. The molecule has 5 atom stereocenters. The van der Waals surface area contributed by atoms with Crippen molar-refractivity contribution in [2.75, 3.05) is 12.4 Å². The van der Waals surface area contributed by atoms with E-state index in [-0.39, 0.29) is 23.7 Å². The normalized spacial score (nSPS) is 27.4. The smallest absolute Gasteiger partial charge is 0.111 e. The van der Waals surface area contributed by atoms with Gasteiger partial charge in [-0.1, -0.05) is 75.6 Å². The first-order valence-electron chi connectivity index (χ1n) is 10.4. The van der Waals surface area contributed by atoms with Crippen molar-refractivity contribution < 1.29 is 4.74 Å². The molecule has 4 unspecified atom stereocenters. The van der Waals surface area contributed by atoms with Crippen LogP contribution in [0.4, 0.5) is 5.69 Å². The Bertz CT molecular complexity index is 768. The summed E-state index contributed by atoms with van der Waals surface area (Å²) in [4.78, 5) is 0. The van der Waals surface area contributed by atoms with Crippen LogP contribution in [0.3, 0.4) is 0 Å². The zero-order valence-electron chi connectivity index (χ0n) is 17.9. The van der Waals surface area contributed by atoms with Gasteiger partial charge < -0.3 is 15.8 Å². The molecule has 28 heavy (non-hydrogen) atoms. The van der Waals surface area contributed by atoms with Crippen LogP contribution in [0.5, 0.6) is 0 Å². The van der Waals surface area contributed by atoms with Gasteiger partial charge in [-0.3, -0.25) is 0 Å². The number of anilines is 1. The molecule has 0 amide bonds. The monoisotopic (exact) mass is 377 g/mol. The van der Waals surface area contributed by atoms with Crippen LogP contribution < -0.4 is 11.1 Å². The highest BCUT2D eigenvalue weighted by atomic mass is 16.5. The molecule has 0 saturated heterocycles. The third kappa shape index (κ3) is 3.99. The Hall–Kier alpha value is -1.78. The lowest BCUT2D eigenvalue weighted by Gasteiger charge is -2.41. The molecule has 2 aliphatic rings. The third-order valence-corrected chi connectivity index (χ3v) is 6.44. The van der Waals surface area contributed by atoms with Gasteiger partial charge in [0.05, 0.1) is 12.2 Å². The molecule has 0 saturated carbocycles. The lowest BCUT2D eigenvalue weighted by Crippen LogP contribution is -2.49. The van der Waals surface area contributed by atoms with Gasteiger partial charge in [-0.25, -0.2) is 0 Å². The number of rotatable bonds is 7. The molecule has 0 fully saturated rings. The number of allylic oxidation sites excluding steroid dienone is 4. The van der Waals surface area contributed by atoms with Gasteiger partial charge in [-0.05, 0) is 24.1 Å². The predicted octanol–water partition coefficient (Wildman–Crippen LogP) is 4.29. The van der Waals surface area contributed by atoms with Gasteiger partial charge in [0.15, 0.2) is 0 Å². The maximum atomic E-state index is 6.62. The van der Waals surface area contributed by atoms with E-state index >= 15 is 0 Å². The molecule has 0 spiro atoms. The molecule has 1 radical (unpaired) electrons. The van der Waals surface area contributed by atoms with E-state index in [0.717, 1.165) is 6.32 Å². The highest BCUT2D eigenvalue weighted by Gasteiger charge is 2.38. The number of benzene rings is 1. The maximum Gasteiger partial charge on any atom is 0.111 e. The average molecular weight is 377 g/mol. The molecule has 3 nitrogen and oxygen atoms in total. The van der Waals surface area contributed by atoms with Crippen molar-refractivity contribution in [3.8, 4) is 0 Å². The molecule has 3 rings (SSSR count). The average Bonchev–Trinajstić information content (AvgIpc) is 2.70. The maximum absolute atomic E-state index is 6.62. The summed E-state index contributed by atoms with van der Waals surface area (Å²) in [5.74, 6) is 0.699. The van der Waals surface area contributed by atoms with Crippen molar-refractivity contribution >= 4 is 13.0 Å². The Morgan fingerprint density at radius 1 is 1.18 bits per heavy atom.